The number of rotatable bonds is 5. The lowest BCUT2D eigenvalue weighted by atomic mass is 9.92. The molecule has 2 fully saturated rings. The average Bonchev–Trinajstić information content (AvgIpc) is 3.39. The van der Waals surface area contributed by atoms with Crippen molar-refractivity contribution in [2.45, 2.75) is 38.0 Å². The van der Waals surface area contributed by atoms with Crippen molar-refractivity contribution >= 4 is 12.1 Å². The number of likely N-dealkylation sites (tertiary alicyclic amines) is 1. The molecule has 6 heteroatoms. The molecule has 1 aliphatic heterocycles. The maximum Gasteiger partial charge on any atom is 0.317 e. The number of amides is 4. The molecule has 0 radical (unpaired) electrons. The highest BCUT2D eigenvalue weighted by Crippen LogP contribution is 2.48. The first-order valence-corrected chi connectivity index (χ1v) is 9.12. The number of urea groups is 2. The lowest BCUT2D eigenvalue weighted by Crippen LogP contribution is -2.49. The molecular formula is C19H28N4O2. The van der Waals surface area contributed by atoms with Gasteiger partial charge in [-0.15, -0.1) is 0 Å². The van der Waals surface area contributed by atoms with Gasteiger partial charge in [-0.1, -0.05) is 24.3 Å². The van der Waals surface area contributed by atoms with Crippen LogP contribution in [0, 0.1) is 12.8 Å². The Balaban J connectivity index is 1.52. The van der Waals surface area contributed by atoms with E-state index in [1.165, 1.54) is 11.1 Å². The summed E-state index contributed by atoms with van der Waals surface area (Å²) in [4.78, 5) is 25.3. The minimum Gasteiger partial charge on any atom is -0.352 e. The fraction of sp³-hybridized carbons (Fsp3) is 0.579. The molecule has 1 aromatic carbocycles. The van der Waals surface area contributed by atoms with Gasteiger partial charge in [0.15, 0.2) is 0 Å². The third-order valence-electron chi connectivity index (χ3n) is 5.52. The summed E-state index contributed by atoms with van der Waals surface area (Å²) in [6.45, 7) is 4.81. The van der Waals surface area contributed by atoms with Gasteiger partial charge in [0.1, 0.15) is 0 Å². The number of piperidine rings is 1. The Morgan fingerprint density at radius 2 is 2.04 bits per heavy atom. The summed E-state index contributed by atoms with van der Waals surface area (Å²) in [6.07, 6.45) is 4.23. The number of hydrogen-bond donors (Lipinski definition) is 3. The van der Waals surface area contributed by atoms with E-state index in [0.717, 1.165) is 32.2 Å². The second-order valence-corrected chi connectivity index (χ2v) is 7.45. The number of benzene rings is 1. The summed E-state index contributed by atoms with van der Waals surface area (Å²) in [6, 6.07) is 7.95. The Labute approximate surface area is 149 Å². The molecule has 1 aromatic rings. The Morgan fingerprint density at radius 3 is 2.72 bits per heavy atom. The molecule has 0 unspecified atom stereocenters. The molecule has 0 aromatic heterocycles. The first-order chi connectivity index (χ1) is 12.0. The number of nitrogens with one attached hydrogen (secondary N) is 2. The van der Waals surface area contributed by atoms with Crippen molar-refractivity contribution in [3.8, 4) is 0 Å². The average molecular weight is 344 g/mol. The van der Waals surface area contributed by atoms with Crippen molar-refractivity contribution in [3.63, 3.8) is 0 Å². The standard InChI is InChI=1S/C19H28N4O2/c1-14-5-2-3-7-16(14)19(8-9-19)13-22-18(25)23-10-4-6-15(12-23)11-21-17(20)24/h2-3,5,7,15H,4,6,8-13H2,1H3,(H,22,25)(H3,20,21,24)/t15-/m0/s1. The molecule has 1 saturated carbocycles. The second kappa shape index (κ2) is 7.33. The smallest absolute Gasteiger partial charge is 0.317 e. The fourth-order valence-corrected chi connectivity index (χ4v) is 3.88. The van der Waals surface area contributed by atoms with Crippen LogP contribution in [0.2, 0.25) is 0 Å². The summed E-state index contributed by atoms with van der Waals surface area (Å²) in [5, 5.41) is 5.79. The zero-order valence-electron chi connectivity index (χ0n) is 14.9. The van der Waals surface area contributed by atoms with Gasteiger partial charge in [0.05, 0.1) is 0 Å². The quantitative estimate of drug-likeness (QED) is 0.764. The summed E-state index contributed by atoms with van der Waals surface area (Å²) in [7, 11) is 0. The summed E-state index contributed by atoms with van der Waals surface area (Å²) in [5.41, 5.74) is 7.90. The van der Waals surface area contributed by atoms with E-state index < -0.39 is 6.03 Å². The molecule has 136 valence electrons. The first-order valence-electron chi connectivity index (χ1n) is 9.12. The predicted octanol–water partition coefficient (Wildman–Crippen LogP) is 2.12. The third kappa shape index (κ3) is 4.24. The lowest BCUT2D eigenvalue weighted by Gasteiger charge is -2.33. The summed E-state index contributed by atoms with van der Waals surface area (Å²) in [5.74, 6) is 0.276. The lowest BCUT2D eigenvalue weighted by molar-refractivity contribution is 0.164. The monoisotopic (exact) mass is 344 g/mol. The Hall–Kier alpha value is -2.24. The molecule has 2 aliphatic rings. The van der Waals surface area contributed by atoms with Gasteiger partial charge in [0.2, 0.25) is 0 Å². The molecule has 4 N–H and O–H groups in total. The molecule has 0 bridgehead atoms. The maximum atomic E-state index is 12.6. The largest absolute Gasteiger partial charge is 0.352 e. The molecule has 6 nitrogen and oxygen atoms in total. The maximum absolute atomic E-state index is 12.6. The highest BCUT2D eigenvalue weighted by Gasteiger charge is 2.45. The van der Waals surface area contributed by atoms with Crippen molar-refractivity contribution in [2.75, 3.05) is 26.2 Å². The summed E-state index contributed by atoms with van der Waals surface area (Å²) >= 11 is 0. The van der Waals surface area contributed by atoms with Crippen LogP contribution >= 0.6 is 0 Å². The van der Waals surface area contributed by atoms with Crippen molar-refractivity contribution < 1.29 is 9.59 Å². The van der Waals surface area contributed by atoms with Crippen LogP contribution in [0.4, 0.5) is 9.59 Å². The molecule has 25 heavy (non-hydrogen) atoms. The van der Waals surface area contributed by atoms with Gasteiger partial charge >= 0.3 is 12.1 Å². The van der Waals surface area contributed by atoms with Crippen LogP contribution in [0.5, 0.6) is 0 Å². The zero-order valence-corrected chi connectivity index (χ0v) is 14.9. The number of aryl methyl sites for hydroxylation is 1. The van der Waals surface area contributed by atoms with E-state index in [2.05, 4.69) is 41.8 Å². The molecule has 4 amide bonds. The van der Waals surface area contributed by atoms with E-state index in [0.29, 0.717) is 19.6 Å². The number of carbonyl (C=O) groups is 2. The van der Waals surface area contributed by atoms with Gasteiger partial charge in [-0.2, -0.15) is 0 Å². The summed E-state index contributed by atoms with van der Waals surface area (Å²) < 4.78 is 0. The van der Waals surface area contributed by atoms with Gasteiger partial charge < -0.3 is 21.3 Å². The molecule has 1 saturated heterocycles. The van der Waals surface area contributed by atoms with Crippen LogP contribution in [-0.4, -0.2) is 43.1 Å². The van der Waals surface area contributed by atoms with E-state index >= 15 is 0 Å². The van der Waals surface area contributed by atoms with E-state index in [1.807, 2.05) is 4.90 Å². The van der Waals surface area contributed by atoms with Crippen molar-refractivity contribution in [3.05, 3.63) is 35.4 Å². The molecule has 1 atom stereocenters. The van der Waals surface area contributed by atoms with E-state index in [1.54, 1.807) is 0 Å². The van der Waals surface area contributed by atoms with Gasteiger partial charge in [0, 0.05) is 31.6 Å². The van der Waals surface area contributed by atoms with Crippen molar-refractivity contribution in [1.29, 1.82) is 0 Å². The van der Waals surface area contributed by atoms with Crippen LogP contribution in [0.1, 0.15) is 36.8 Å². The van der Waals surface area contributed by atoms with Crippen molar-refractivity contribution in [1.82, 2.24) is 15.5 Å². The van der Waals surface area contributed by atoms with Gasteiger partial charge in [0.25, 0.3) is 0 Å². The highest BCUT2D eigenvalue weighted by atomic mass is 16.2. The zero-order chi connectivity index (χ0) is 17.9. The molecule has 1 aliphatic carbocycles. The third-order valence-corrected chi connectivity index (χ3v) is 5.52. The van der Waals surface area contributed by atoms with E-state index in [9.17, 15) is 9.59 Å². The SMILES string of the molecule is Cc1ccccc1C1(CNC(=O)N2CCC[C@@H](CNC(N)=O)C2)CC1. The molecule has 1 heterocycles. The van der Waals surface area contributed by atoms with Gasteiger partial charge in [-0.05, 0) is 49.7 Å². The molecular weight excluding hydrogens is 316 g/mol. The minimum absolute atomic E-state index is 0.00336. The number of nitrogens with two attached hydrogens (primary N) is 1. The first kappa shape index (κ1) is 17.6. The van der Waals surface area contributed by atoms with Crippen molar-refractivity contribution in [2.24, 2.45) is 11.7 Å². The number of nitrogens with zero attached hydrogens (tertiary/aromatic N) is 1. The van der Waals surface area contributed by atoms with Crippen LogP contribution in [0.15, 0.2) is 24.3 Å². The fourth-order valence-electron chi connectivity index (χ4n) is 3.88. The normalized spacial score (nSPS) is 21.5. The predicted molar refractivity (Wildman–Crippen MR) is 97.4 cm³/mol. The Morgan fingerprint density at radius 1 is 1.28 bits per heavy atom. The second-order valence-electron chi connectivity index (χ2n) is 7.45. The minimum atomic E-state index is -0.504. The Bertz CT molecular complexity index is 642. The van der Waals surface area contributed by atoms with Crippen LogP contribution in [0.25, 0.3) is 0 Å². The Kier molecular flexibility index (Phi) is 5.16. The van der Waals surface area contributed by atoms with Crippen LogP contribution in [0.3, 0.4) is 0 Å². The number of hydrogen-bond acceptors (Lipinski definition) is 2. The van der Waals surface area contributed by atoms with Gasteiger partial charge in [-0.25, -0.2) is 9.59 Å². The number of carbonyl (C=O) groups excluding carboxylic acids is 2. The molecule has 0 spiro atoms. The topological polar surface area (TPSA) is 87.5 Å². The van der Waals surface area contributed by atoms with E-state index in [-0.39, 0.29) is 17.4 Å². The number of primary amides is 1. The van der Waals surface area contributed by atoms with Crippen LogP contribution < -0.4 is 16.4 Å². The van der Waals surface area contributed by atoms with Gasteiger partial charge in [-0.3, -0.25) is 0 Å². The molecule has 3 rings (SSSR count). The van der Waals surface area contributed by atoms with E-state index in [4.69, 9.17) is 5.73 Å². The van der Waals surface area contributed by atoms with Crippen LogP contribution in [-0.2, 0) is 5.41 Å². The highest BCUT2D eigenvalue weighted by molar-refractivity contribution is 5.74.